The van der Waals surface area contributed by atoms with Gasteiger partial charge < -0.3 is 5.11 Å². The van der Waals surface area contributed by atoms with Gasteiger partial charge in [0.2, 0.25) is 0 Å². The molecule has 0 heterocycles. The van der Waals surface area contributed by atoms with Crippen molar-refractivity contribution < 1.29 is 9.90 Å². The van der Waals surface area contributed by atoms with Crippen molar-refractivity contribution >= 4 is 17.6 Å². The number of hydrogen-bond donors (Lipinski definition) is 1. The highest BCUT2D eigenvalue weighted by atomic mass is 35.5. The molecule has 1 saturated carbocycles. The number of carboxylic acid groups (broad SMARTS) is 1. The third-order valence-electron chi connectivity index (χ3n) is 3.69. The lowest BCUT2D eigenvalue weighted by Crippen LogP contribution is -2.35. The van der Waals surface area contributed by atoms with Crippen LogP contribution >= 0.6 is 11.6 Å². The number of allylic oxidation sites excluding steroid dienone is 4. The van der Waals surface area contributed by atoms with Crippen LogP contribution in [0.4, 0.5) is 0 Å². The van der Waals surface area contributed by atoms with Gasteiger partial charge in [-0.25, -0.2) is 0 Å². The summed E-state index contributed by atoms with van der Waals surface area (Å²) in [5.41, 5.74) is -0.523. The van der Waals surface area contributed by atoms with E-state index in [9.17, 15) is 9.90 Å². The summed E-state index contributed by atoms with van der Waals surface area (Å²) >= 11 is 5.84. The lowest BCUT2D eigenvalue weighted by molar-refractivity contribution is -0.151. The third kappa shape index (κ3) is 1.83. The predicted molar refractivity (Wildman–Crippen MR) is 59.7 cm³/mol. The van der Waals surface area contributed by atoms with Crippen molar-refractivity contribution in [2.75, 3.05) is 0 Å². The molecule has 0 saturated heterocycles. The first-order valence-corrected chi connectivity index (χ1v) is 5.80. The minimum Gasteiger partial charge on any atom is -0.481 e. The Labute approximate surface area is 94.6 Å². The predicted octanol–water partition coefficient (Wildman–Crippen LogP) is 3.33. The molecule has 15 heavy (non-hydrogen) atoms. The van der Waals surface area contributed by atoms with E-state index in [0.29, 0.717) is 0 Å². The van der Waals surface area contributed by atoms with Crippen LogP contribution in [0.5, 0.6) is 0 Å². The summed E-state index contributed by atoms with van der Waals surface area (Å²) in [6.07, 6.45) is 10.2. The number of hydrogen-bond acceptors (Lipinski definition) is 1. The lowest BCUT2D eigenvalue weighted by Gasteiger charge is -2.32. The normalized spacial score (nSPS) is 28.9. The number of carboxylic acids is 1. The van der Waals surface area contributed by atoms with Crippen LogP contribution in [0.25, 0.3) is 0 Å². The summed E-state index contributed by atoms with van der Waals surface area (Å²) in [5.74, 6) is -0.513. The molecule has 0 radical (unpaired) electrons. The van der Waals surface area contributed by atoms with Crippen molar-refractivity contribution in [1.82, 2.24) is 0 Å². The van der Waals surface area contributed by atoms with Gasteiger partial charge in [-0.05, 0) is 31.3 Å². The number of halogens is 1. The smallest absolute Gasteiger partial charge is 0.310 e. The maximum absolute atomic E-state index is 11.4. The van der Waals surface area contributed by atoms with Crippen molar-refractivity contribution in [3.8, 4) is 0 Å². The van der Waals surface area contributed by atoms with Gasteiger partial charge in [-0.2, -0.15) is 0 Å². The Bertz CT molecular complexity index is 325. The van der Waals surface area contributed by atoms with E-state index in [-0.39, 0.29) is 5.92 Å². The van der Waals surface area contributed by atoms with Crippen LogP contribution in [-0.2, 0) is 4.79 Å². The van der Waals surface area contributed by atoms with Gasteiger partial charge in [0.15, 0.2) is 0 Å². The minimum atomic E-state index is -0.638. The van der Waals surface area contributed by atoms with Crippen LogP contribution in [0.2, 0.25) is 0 Å². The maximum Gasteiger partial charge on any atom is 0.310 e. The van der Waals surface area contributed by atoms with Crippen molar-refractivity contribution in [1.29, 1.82) is 0 Å². The van der Waals surface area contributed by atoms with Gasteiger partial charge in [-0.1, -0.05) is 36.6 Å². The Morgan fingerprint density at radius 2 is 2.13 bits per heavy atom. The van der Waals surface area contributed by atoms with Gasteiger partial charge in [0, 0.05) is 5.03 Å². The molecule has 2 rings (SSSR count). The summed E-state index contributed by atoms with van der Waals surface area (Å²) in [5, 5.41) is 10.1. The van der Waals surface area contributed by atoms with E-state index < -0.39 is 11.4 Å². The summed E-state index contributed by atoms with van der Waals surface area (Å²) in [6, 6.07) is 0. The molecule has 1 unspecified atom stereocenters. The van der Waals surface area contributed by atoms with E-state index in [2.05, 4.69) is 0 Å². The SMILES string of the molecule is O=C(O)C1(C2C=CC(Cl)=CC2)CCCC1. The summed E-state index contributed by atoms with van der Waals surface area (Å²) in [4.78, 5) is 11.4. The molecule has 0 aromatic heterocycles. The third-order valence-corrected chi connectivity index (χ3v) is 3.97. The second-order valence-corrected chi connectivity index (χ2v) is 4.90. The molecule has 0 spiro atoms. The van der Waals surface area contributed by atoms with E-state index in [4.69, 9.17) is 11.6 Å². The van der Waals surface area contributed by atoms with Crippen molar-refractivity contribution in [3.05, 3.63) is 23.3 Å². The highest BCUT2D eigenvalue weighted by Crippen LogP contribution is 2.47. The first-order chi connectivity index (χ1) is 7.15. The zero-order chi connectivity index (χ0) is 10.9. The Hall–Kier alpha value is -0.760. The van der Waals surface area contributed by atoms with E-state index >= 15 is 0 Å². The second kappa shape index (κ2) is 4.01. The number of aliphatic carboxylic acids is 1. The highest BCUT2D eigenvalue weighted by Gasteiger charge is 2.46. The van der Waals surface area contributed by atoms with Crippen LogP contribution in [0, 0.1) is 11.3 Å². The molecule has 0 aliphatic heterocycles. The van der Waals surface area contributed by atoms with Crippen LogP contribution in [0.1, 0.15) is 32.1 Å². The molecule has 0 bridgehead atoms. The van der Waals surface area contributed by atoms with Gasteiger partial charge in [0.25, 0.3) is 0 Å². The van der Waals surface area contributed by atoms with Crippen LogP contribution in [0.3, 0.4) is 0 Å². The van der Waals surface area contributed by atoms with E-state index in [0.717, 1.165) is 37.1 Å². The topological polar surface area (TPSA) is 37.3 Å². The molecule has 2 nitrogen and oxygen atoms in total. The Morgan fingerprint density at radius 1 is 1.47 bits per heavy atom. The van der Waals surface area contributed by atoms with Crippen molar-refractivity contribution in [2.24, 2.45) is 11.3 Å². The van der Waals surface area contributed by atoms with Gasteiger partial charge in [-0.15, -0.1) is 0 Å². The molecule has 82 valence electrons. The monoisotopic (exact) mass is 226 g/mol. The Balaban J connectivity index is 2.20. The van der Waals surface area contributed by atoms with Gasteiger partial charge >= 0.3 is 5.97 Å². The van der Waals surface area contributed by atoms with Crippen LogP contribution < -0.4 is 0 Å². The summed E-state index contributed by atoms with van der Waals surface area (Å²) in [6.45, 7) is 0. The quantitative estimate of drug-likeness (QED) is 0.784. The molecule has 1 atom stereocenters. The van der Waals surface area contributed by atoms with Crippen molar-refractivity contribution in [3.63, 3.8) is 0 Å². The fourth-order valence-corrected chi connectivity index (χ4v) is 2.92. The Kier molecular flexibility index (Phi) is 2.87. The molecular weight excluding hydrogens is 212 g/mol. The molecule has 2 aliphatic rings. The standard InChI is InChI=1S/C12H15ClO2/c13-10-5-3-9(4-6-10)12(11(14)15)7-1-2-8-12/h3,5-6,9H,1-2,4,7-8H2,(H,14,15). The molecule has 0 aromatic carbocycles. The molecule has 0 aromatic rings. The van der Waals surface area contributed by atoms with Crippen LogP contribution in [-0.4, -0.2) is 11.1 Å². The molecular formula is C12H15ClO2. The fraction of sp³-hybridized carbons (Fsp3) is 0.583. The van der Waals surface area contributed by atoms with Gasteiger partial charge in [-0.3, -0.25) is 4.79 Å². The molecule has 1 fully saturated rings. The minimum absolute atomic E-state index is 0.125. The average Bonchev–Trinajstić information content (AvgIpc) is 2.69. The number of carbonyl (C=O) groups is 1. The maximum atomic E-state index is 11.4. The molecule has 3 heteroatoms. The summed E-state index contributed by atoms with van der Waals surface area (Å²) < 4.78 is 0. The average molecular weight is 227 g/mol. The highest BCUT2D eigenvalue weighted by molar-refractivity contribution is 6.31. The zero-order valence-electron chi connectivity index (χ0n) is 8.58. The summed E-state index contributed by atoms with van der Waals surface area (Å²) in [7, 11) is 0. The van der Waals surface area contributed by atoms with E-state index in [1.807, 2.05) is 18.2 Å². The van der Waals surface area contributed by atoms with Crippen LogP contribution in [0.15, 0.2) is 23.3 Å². The Morgan fingerprint density at radius 3 is 2.60 bits per heavy atom. The second-order valence-electron chi connectivity index (χ2n) is 4.46. The molecule has 0 amide bonds. The van der Waals surface area contributed by atoms with E-state index in [1.165, 1.54) is 0 Å². The van der Waals surface area contributed by atoms with Crippen molar-refractivity contribution in [2.45, 2.75) is 32.1 Å². The van der Waals surface area contributed by atoms with Gasteiger partial charge in [0.1, 0.15) is 0 Å². The molecule has 2 aliphatic carbocycles. The number of rotatable bonds is 2. The first-order valence-electron chi connectivity index (χ1n) is 5.42. The van der Waals surface area contributed by atoms with E-state index in [1.54, 1.807) is 0 Å². The zero-order valence-corrected chi connectivity index (χ0v) is 9.33. The largest absolute Gasteiger partial charge is 0.481 e. The lowest BCUT2D eigenvalue weighted by atomic mass is 9.71. The first kappa shape index (κ1) is 10.7. The fourth-order valence-electron chi connectivity index (χ4n) is 2.75. The van der Waals surface area contributed by atoms with Gasteiger partial charge in [0.05, 0.1) is 5.41 Å². The molecule has 1 N–H and O–H groups in total.